The van der Waals surface area contributed by atoms with Gasteiger partial charge in [-0.2, -0.15) is 10.5 Å². The smallest absolute Gasteiger partial charge is 0.103 e. The molecule has 0 saturated carbocycles. The summed E-state index contributed by atoms with van der Waals surface area (Å²) in [5.41, 5.74) is 12.6. The lowest BCUT2D eigenvalue weighted by Gasteiger charge is -2.16. The van der Waals surface area contributed by atoms with Crippen LogP contribution in [0.2, 0.25) is 0 Å². The Balaban J connectivity index is 1.20. The molecule has 0 unspecified atom stereocenters. The standard InChI is InChI=1S/C56H32N6/c57-33-35-31-38(61-46-23-11-7-19-39(46)41-27-29-50-53(55(41)61)43-21-9-13-25-48(43)59(50)36-15-3-1-4-16-36)32-52(45(35)34-58)62-47-24-12-8-20-40(47)42-28-30-51-54(56(42)62)44-22-10-14-26-49(44)60(51)37-17-5-2-6-18-37/h1-32H. The molecule has 0 N–H and O–H groups in total. The van der Waals surface area contributed by atoms with Crippen LogP contribution in [0.4, 0.5) is 0 Å². The molecule has 0 atom stereocenters. The van der Waals surface area contributed by atoms with Crippen molar-refractivity contribution >= 4 is 87.2 Å². The molecular weight excluding hydrogens is 757 g/mol. The highest BCUT2D eigenvalue weighted by molar-refractivity contribution is 6.27. The second-order valence-electron chi connectivity index (χ2n) is 15.9. The molecule has 4 aromatic heterocycles. The molecule has 0 saturated heterocycles. The van der Waals surface area contributed by atoms with Crippen LogP contribution in [0.5, 0.6) is 0 Å². The number of nitriles is 2. The Hall–Kier alpha value is -8.84. The molecule has 6 nitrogen and oxygen atoms in total. The topological polar surface area (TPSA) is 67.3 Å². The Bertz CT molecular complexity index is 4110. The average Bonchev–Trinajstić information content (AvgIpc) is 4.06. The Morgan fingerprint density at radius 2 is 0.726 bits per heavy atom. The third kappa shape index (κ3) is 4.50. The van der Waals surface area contributed by atoms with Crippen molar-refractivity contribution in [1.82, 2.24) is 18.3 Å². The molecule has 0 fully saturated rings. The van der Waals surface area contributed by atoms with E-state index in [2.05, 4.69) is 206 Å². The number of fused-ring (bicyclic) bond motifs is 14. The van der Waals surface area contributed by atoms with Gasteiger partial charge in [-0.15, -0.1) is 0 Å². The fraction of sp³-hybridized carbons (Fsp3) is 0. The van der Waals surface area contributed by atoms with Crippen molar-refractivity contribution in [3.8, 4) is 34.9 Å². The van der Waals surface area contributed by atoms with Crippen molar-refractivity contribution < 1.29 is 0 Å². The van der Waals surface area contributed by atoms with E-state index in [1.807, 2.05) is 18.2 Å². The van der Waals surface area contributed by atoms with Gasteiger partial charge in [0.05, 0.1) is 60.9 Å². The van der Waals surface area contributed by atoms with E-state index in [0.29, 0.717) is 16.8 Å². The molecule has 286 valence electrons. The van der Waals surface area contributed by atoms with Crippen LogP contribution >= 0.6 is 0 Å². The highest BCUT2D eigenvalue weighted by Crippen LogP contribution is 2.45. The fourth-order valence-corrected chi connectivity index (χ4v) is 10.4. The minimum absolute atomic E-state index is 0.314. The molecule has 13 rings (SSSR count). The maximum Gasteiger partial charge on any atom is 0.103 e. The van der Waals surface area contributed by atoms with Gasteiger partial charge in [-0.3, -0.25) is 0 Å². The minimum Gasteiger partial charge on any atom is -0.309 e. The molecule has 13 aromatic rings. The van der Waals surface area contributed by atoms with Gasteiger partial charge in [0.2, 0.25) is 0 Å². The van der Waals surface area contributed by atoms with E-state index in [9.17, 15) is 10.5 Å². The molecule has 62 heavy (non-hydrogen) atoms. The lowest BCUT2D eigenvalue weighted by atomic mass is 10.0. The van der Waals surface area contributed by atoms with Crippen molar-refractivity contribution in [2.75, 3.05) is 0 Å². The normalized spacial score (nSPS) is 11.8. The third-order valence-corrected chi connectivity index (χ3v) is 12.8. The number of rotatable bonds is 4. The fourth-order valence-electron chi connectivity index (χ4n) is 10.4. The highest BCUT2D eigenvalue weighted by atomic mass is 15.0. The van der Waals surface area contributed by atoms with E-state index in [4.69, 9.17) is 0 Å². The second-order valence-corrected chi connectivity index (χ2v) is 15.9. The van der Waals surface area contributed by atoms with Crippen molar-refractivity contribution in [2.45, 2.75) is 0 Å². The predicted octanol–water partition coefficient (Wildman–Crippen LogP) is 13.8. The highest BCUT2D eigenvalue weighted by Gasteiger charge is 2.26. The summed E-state index contributed by atoms with van der Waals surface area (Å²) in [5.74, 6) is 0. The van der Waals surface area contributed by atoms with E-state index < -0.39 is 0 Å². The first-order valence-corrected chi connectivity index (χ1v) is 20.7. The van der Waals surface area contributed by atoms with E-state index >= 15 is 0 Å². The molecule has 0 aliphatic carbocycles. The SMILES string of the molecule is N#Cc1cc(-n2c3ccccc3c3ccc4c(c5ccccc5n4-c4ccccc4)c32)cc(-n2c3ccccc3c3ccc4c(c5ccccc5n4-c4ccccc4)c32)c1C#N. The molecule has 0 aliphatic heterocycles. The van der Waals surface area contributed by atoms with Crippen LogP contribution in [0, 0.1) is 22.7 Å². The maximum atomic E-state index is 11.1. The monoisotopic (exact) mass is 788 g/mol. The Morgan fingerprint density at radius 3 is 1.21 bits per heavy atom. The Kier molecular flexibility index (Phi) is 7.05. The zero-order valence-corrected chi connectivity index (χ0v) is 33.2. The first kappa shape index (κ1) is 34.1. The number of para-hydroxylation sites is 6. The van der Waals surface area contributed by atoms with Crippen LogP contribution in [-0.4, -0.2) is 18.3 Å². The molecule has 9 aromatic carbocycles. The average molecular weight is 789 g/mol. The van der Waals surface area contributed by atoms with Gasteiger partial charge >= 0.3 is 0 Å². The lowest BCUT2D eigenvalue weighted by molar-refractivity contribution is 1.12. The van der Waals surface area contributed by atoms with Crippen LogP contribution < -0.4 is 0 Å². The summed E-state index contributed by atoms with van der Waals surface area (Å²) in [7, 11) is 0. The van der Waals surface area contributed by atoms with Gasteiger partial charge in [-0.25, -0.2) is 0 Å². The van der Waals surface area contributed by atoms with Crippen molar-refractivity contribution in [2.24, 2.45) is 0 Å². The van der Waals surface area contributed by atoms with Crippen LogP contribution in [-0.2, 0) is 0 Å². The number of hydrogen-bond donors (Lipinski definition) is 0. The first-order valence-electron chi connectivity index (χ1n) is 20.7. The predicted molar refractivity (Wildman–Crippen MR) is 253 cm³/mol. The summed E-state index contributed by atoms with van der Waals surface area (Å²) in [5, 5.41) is 30.9. The summed E-state index contributed by atoms with van der Waals surface area (Å²) in [6, 6.07) is 72.9. The van der Waals surface area contributed by atoms with Crippen LogP contribution in [0.15, 0.2) is 194 Å². The molecule has 6 heteroatoms. The van der Waals surface area contributed by atoms with Gasteiger partial charge in [0.25, 0.3) is 0 Å². The van der Waals surface area contributed by atoms with Crippen molar-refractivity contribution in [1.29, 1.82) is 10.5 Å². The van der Waals surface area contributed by atoms with Crippen molar-refractivity contribution in [3.63, 3.8) is 0 Å². The molecule has 0 radical (unpaired) electrons. The molecule has 4 heterocycles. The van der Waals surface area contributed by atoms with E-state index in [-0.39, 0.29) is 0 Å². The van der Waals surface area contributed by atoms with E-state index in [0.717, 1.165) is 104 Å². The van der Waals surface area contributed by atoms with Gasteiger partial charge in [0.1, 0.15) is 12.1 Å². The summed E-state index contributed by atoms with van der Waals surface area (Å²) in [6.45, 7) is 0. The van der Waals surface area contributed by atoms with Gasteiger partial charge in [0.15, 0.2) is 0 Å². The molecular formula is C56H32N6. The largest absolute Gasteiger partial charge is 0.309 e. The lowest BCUT2D eigenvalue weighted by Crippen LogP contribution is -2.04. The summed E-state index contributed by atoms with van der Waals surface area (Å²) in [4.78, 5) is 0. The van der Waals surface area contributed by atoms with Gasteiger partial charge < -0.3 is 18.3 Å². The van der Waals surface area contributed by atoms with Crippen LogP contribution in [0.25, 0.3) is 110 Å². The number of nitrogens with zero attached hydrogens (tertiary/aromatic N) is 6. The maximum absolute atomic E-state index is 11.1. The second kappa shape index (κ2) is 12.8. The van der Waals surface area contributed by atoms with Gasteiger partial charge in [-0.05, 0) is 72.8 Å². The zero-order valence-electron chi connectivity index (χ0n) is 33.2. The van der Waals surface area contributed by atoms with Gasteiger partial charge in [-0.1, -0.05) is 121 Å². The van der Waals surface area contributed by atoms with Crippen LogP contribution in [0.1, 0.15) is 11.1 Å². The number of hydrogen-bond acceptors (Lipinski definition) is 2. The molecule has 0 aliphatic rings. The van der Waals surface area contributed by atoms with E-state index in [1.165, 1.54) is 0 Å². The summed E-state index contributed by atoms with van der Waals surface area (Å²) < 4.78 is 9.21. The quantitative estimate of drug-likeness (QED) is 0.178. The van der Waals surface area contributed by atoms with Crippen LogP contribution in [0.3, 0.4) is 0 Å². The number of benzene rings is 9. The van der Waals surface area contributed by atoms with Crippen molar-refractivity contribution in [3.05, 3.63) is 205 Å². The van der Waals surface area contributed by atoms with E-state index in [1.54, 1.807) is 0 Å². The molecule has 0 spiro atoms. The Labute approximate surface area is 354 Å². The summed E-state index contributed by atoms with van der Waals surface area (Å²) in [6.07, 6.45) is 0. The first-order chi connectivity index (χ1) is 30.7. The number of aromatic nitrogens is 4. The molecule has 0 bridgehead atoms. The van der Waals surface area contributed by atoms with Gasteiger partial charge in [0, 0.05) is 60.2 Å². The molecule has 0 amide bonds. The third-order valence-electron chi connectivity index (χ3n) is 12.8. The summed E-state index contributed by atoms with van der Waals surface area (Å²) >= 11 is 0. The Morgan fingerprint density at radius 1 is 0.306 bits per heavy atom. The minimum atomic E-state index is 0.314. The zero-order chi connectivity index (χ0) is 41.1.